The highest BCUT2D eigenvalue weighted by atomic mass is 32.2. The van der Waals surface area contributed by atoms with Crippen molar-refractivity contribution in [2.45, 2.75) is 18.7 Å². The molecule has 122 valence electrons. The van der Waals surface area contributed by atoms with E-state index in [-0.39, 0.29) is 18.3 Å². The van der Waals surface area contributed by atoms with Crippen molar-refractivity contribution in [3.8, 4) is 0 Å². The number of thioether (sulfide) groups is 1. The van der Waals surface area contributed by atoms with Gasteiger partial charge in [0.05, 0.1) is 17.6 Å². The zero-order valence-corrected chi connectivity index (χ0v) is 13.6. The van der Waals surface area contributed by atoms with Gasteiger partial charge in [-0.05, 0) is 18.6 Å². The largest absolute Gasteiger partial charge is 0.394 e. The van der Waals surface area contributed by atoms with Crippen molar-refractivity contribution in [2.75, 3.05) is 17.7 Å². The molecule has 6 nitrogen and oxygen atoms in total. The SMILES string of the molecule is Cc1nc(N[C@H](CO)CSCc2ccccc2)ccc1[N+](=O)[O-]. The fraction of sp³-hybridized carbons (Fsp3) is 0.312. The van der Waals surface area contributed by atoms with Gasteiger partial charge in [-0.1, -0.05) is 30.3 Å². The maximum Gasteiger partial charge on any atom is 0.290 e. The molecule has 0 aliphatic heterocycles. The number of pyridine rings is 1. The second-order valence-electron chi connectivity index (χ2n) is 5.08. The summed E-state index contributed by atoms with van der Waals surface area (Å²) in [5.41, 5.74) is 1.58. The highest BCUT2D eigenvalue weighted by molar-refractivity contribution is 7.98. The number of nitrogens with zero attached hydrogens (tertiary/aromatic N) is 2. The van der Waals surface area contributed by atoms with Gasteiger partial charge in [0.2, 0.25) is 0 Å². The van der Waals surface area contributed by atoms with Crippen LogP contribution in [-0.4, -0.2) is 33.4 Å². The lowest BCUT2D eigenvalue weighted by molar-refractivity contribution is -0.385. The number of nitrogens with one attached hydrogen (secondary N) is 1. The average molecular weight is 333 g/mol. The van der Waals surface area contributed by atoms with E-state index in [0.717, 1.165) is 5.75 Å². The Kier molecular flexibility index (Phi) is 6.37. The fourth-order valence-corrected chi connectivity index (χ4v) is 3.09. The number of hydrogen-bond donors (Lipinski definition) is 2. The van der Waals surface area contributed by atoms with Gasteiger partial charge in [0.25, 0.3) is 5.69 Å². The maximum absolute atomic E-state index is 10.8. The van der Waals surface area contributed by atoms with E-state index < -0.39 is 4.92 Å². The first kappa shape index (κ1) is 17.2. The molecule has 0 radical (unpaired) electrons. The number of benzene rings is 1. The first-order valence-electron chi connectivity index (χ1n) is 7.21. The first-order chi connectivity index (χ1) is 11.1. The van der Waals surface area contributed by atoms with E-state index in [1.54, 1.807) is 24.8 Å². The van der Waals surface area contributed by atoms with E-state index in [4.69, 9.17) is 0 Å². The Hall–Kier alpha value is -2.12. The van der Waals surface area contributed by atoms with Crippen molar-refractivity contribution >= 4 is 23.3 Å². The molecule has 2 N–H and O–H groups in total. The van der Waals surface area contributed by atoms with Gasteiger partial charge in [-0.2, -0.15) is 11.8 Å². The van der Waals surface area contributed by atoms with Crippen molar-refractivity contribution in [2.24, 2.45) is 0 Å². The molecule has 0 saturated carbocycles. The maximum atomic E-state index is 10.8. The molecule has 0 aliphatic carbocycles. The minimum absolute atomic E-state index is 0.00505. The van der Waals surface area contributed by atoms with Crippen molar-refractivity contribution in [1.29, 1.82) is 0 Å². The van der Waals surface area contributed by atoms with Crippen LogP contribution in [0.15, 0.2) is 42.5 Å². The molecule has 1 heterocycles. The van der Waals surface area contributed by atoms with Crippen molar-refractivity contribution in [1.82, 2.24) is 4.98 Å². The molecule has 2 rings (SSSR count). The molecule has 0 unspecified atom stereocenters. The molecule has 0 bridgehead atoms. The number of rotatable bonds is 8. The molecule has 23 heavy (non-hydrogen) atoms. The summed E-state index contributed by atoms with van der Waals surface area (Å²) < 4.78 is 0. The summed E-state index contributed by atoms with van der Waals surface area (Å²) in [4.78, 5) is 14.5. The van der Waals surface area contributed by atoms with Crippen LogP contribution in [0.1, 0.15) is 11.3 Å². The molecule has 0 amide bonds. The predicted molar refractivity (Wildman–Crippen MR) is 92.7 cm³/mol. The lowest BCUT2D eigenvalue weighted by Crippen LogP contribution is -2.27. The zero-order valence-electron chi connectivity index (χ0n) is 12.8. The number of aryl methyl sites for hydroxylation is 1. The molecule has 1 atom stereocenters. The smallest absolute Gasteiger partial charge is 0.290 e. The number of aliphatic hydroxyl groups excluding tert-OH is 1. The van der Waals surface area contributed by atoms with Crippen LogP contribution < -0.4 is 5.32 Å². The number of hydrogen-bond acceptors (Lipinski definition) is 6. The van der Waals surface area contributed by atoms with E-state index >= 15 is 0 Å². The summed E-state index contributed by atoms with van der Waals surface area (Å²) in [5.74, 6) is 2.11. The van der Waals surface area contributed by atoms with Crippen LogP contribution in [0.4, 0.5) is 11.5 Å². The molecule has 7 heteroatoms. The second-order valence-corrected chi connectivity index (χ2v) is 6.11. The number of anilines is 1. The number of aliphatic hydroxyl groups is 1. The summed E-state index contributed by atoms with van der Waals surface area (Å²) in [6, 6.07) is 13.0. The zero-order chi connectivity index (χ0) is 16.7. The Morgan fingerprint density at radius 1 is 1.30 bits per heavy atom. The summed E-state index contributed by atoms with van der Waals surface area (Å²) in [6.07, 6.45) is 0. The van der Waals surface area contributed by atoms with Crippen LogP contribution in [-0.2, 0) is 5.75 Å². The van der Waals surface area contributed by atoms with Crippen molar-refractivity contribution in [3.05, 3.63) is 63.8 Å². The Morgan fingerprint density at radius 2 is 2.04 bits per heavy atom. The summed E-state index contributed by atoms with van der Waals surface area (Å²) >= 11 is 1.71. The van der Waals surface area contributed by atoms with Gasteiger partial charge in [0.15, 0.2) is 0 Å². The van der Waals surface area contributed by atoms with Crippen LogP contribution in [0.3, 0.4) is 0 Å². The summed E-state index contributed by atoms with van der Waals surface area (Å²) in [5, 5.41) is 23.4. The van der Waals surface area contributed by atoms with Gasteiger partial charge < -0.3 is 10.4 Å². The molecule has 0 spiro atoms. The highest BCUT2D eigenvalue weighted by Crippen LogP contribution is 2.19. The second kappa shape index (κ2) is 8.50. The van der Waals surface area contributed by atoms with E-state index in [1.165, 1.54) is 11.6 Å². The fourth-order valence-electron chi connectivity index (χ4n) is 2.07. The third-order valence-corrected chi connectivity index (χ3v) is 4.43. The van der Waals surface area contributed by atoms with Gasteiger partial charge in [0, 0.05) is 17.6 Å². The molecule has 1 aromatic carbocycles. The van der Waals surface area contributed by atoms with Gasteiger partial charge in [0.1, 0.15) is 11.5 Å². The summed E-state index contributed by atoms with van der Waals surface area (Å²) in [6.45, 7) is 1.57. The van der Waals surface area contributed by atoms with Crippen LogP contribution in [0.25, 0.3) is 0 Å². The van der Waals surface area contributed by atoms with E-state index in [1.807, 2.05) is 18.2 Å². The van der Waals surface area contributed by atoms with E-state index in [0.29, 0.717) is 17.3 Å². The normalized spacial score (nSPS) is 11.9. The average Bonchev–Trinajstić information content (AvgIpc) is 2.54. The van der Waals surface area contributed by atoms with Crippen LogP contribution in [0, 0.1) is 17.0 Å². The Balaban J connectivity index is 1.89. The van der Waals surface area contributed by atoms with Gasteiger partial charge >= 0.3 is 0 Å². The number of nitro groups is 1. The minimum atomic E-state index is -0.453. The van der Waals surface area contributed by atoms with E-state index in [2.05, 4.69) is 22.4 Å². The molecule has 2 aromatic rings. The highest BCUT2D eigenvalue weighted by Gasteiger charge is 2.14. The third-order valence-electron chi connectivity index (χ3n) is 3.26. The van der Waals surface area contributed by atoms with Crippen molar-refractivity contribution < 1.29 is 10.0 Å². The Bertz CT molecular complexity index is 652. The van der Waals surface area contributed by atoms with Gasteiger partial charge in [-0.25, -0.2) is 4.98 Å². The summed E-state index contributed by atoms with van der Waals surface area (Å²) in [7, 11) is 0. The van der Waals surface area contributed by atoms with E-state index in [9.17, 15) is 15.2 Å². The molecule has 0 fully saturated rings. The lowest BCUT2D eigenvalue weighted by atomic mass is 10.2. The Morgan fingerprint density at radius 3 is 2.65 bits per heavy atom. The molecular formula is C16H19N3O3S. The van der Waals surface area contributed by atoms with Gasteiger partial charge in [-0.15, -0.1) is 0 Å². The predicted octanol–water partition coefficient (Wildman–Crippen LogP) is 3.00. The minimum Gasteiger partial charge on any atom is -0.394 e. The molecule has 0 aliphatic rings. The topological polar surface area (TPSA) is 88.3 Å². The standard InChI is InChI=1S/C16H19N3O3S/c1-12-15(19(21)22)7-8-16(17-12)18-14(9-20)11-23-10-13-5-3-2-4-6-13/h2-8,14,20H,9-11H2,1H3,(H,17,18)/t14-/m1/s1. The van der Waals surface area contributed by atoms with Gasteiger partial charge in [-0.3, -0.25) is 10.1 Å². The quantitative estimate of drug-likeness (QED) is 0.570. The monoisotopic (exact) mass is 333 g/mol. The van der Waals surface area contributed by atoms with Crippen LogP contribution in [0.2, 0.25) is 0 Å². The number of aromatic nitrogens is 1. The third kappa shape index (κ3) is 5.22. The van der Waals surface area contributed by atoms with Crippen molar-refractivity contribution in [3.63, 3.8) is 0 Å². The lowest BCUT2D eigenvalue weighted by Gasteiger charge is -2.16. The van der Waals surface area contributed by atoms with Crippen LogP contribution >= 0.6 is 11.8 Å². The van der Waals surface area contributed by atoms with Crippen LogP contribution in [0.5, 0.6) is 0 Å². The first-order valence-corrected chi connectivity index (χ1v) is 8.36. The molecular weight excluding hydrogens is 314 g/mol. The Labute approximate surface area is 139 Å². The molecule has 0 saturated heterocycles. The molecule has 1 aromatic heterocycles.